The highest BCUT2D eigenvalue weighted by Crippen LogP contribution is 2.32. The summed E-state index contributed by atoms with van der Waals surface area (Å²) in [5.74, 6) is 0.398. The van der Waals surface area contributed by atoms with Gasteiger partial charge in [-0.25, -0.2) is 4.98 Å². The van der Waals surface area contributed by atoms with Crippen molar-refractivity contribution in [3.8, 4) is 11.5 Å². The summed E-state index contributed by atoms with van der Waals surface area (Å²) in [5.41, 5.74) is 1.46. The van der Waals surface area contributed by atoms with E-state index in [9.17, 15) is 9.59 Å². The minimum Gasteiger partial charge on any atom is -0.454 e. The fourth-order valence-electron chi connectivity index (χ4n) is 3.15. The Bertz CT molecular complexity index is 1160. The second-order valence-electron chi connectivity index (χ2n) is 7.50. The van der Waals surface area contributed by atoms with Crippen LogP contribution in [0.4, 0.5) is 5.13 Å². The fraction of sp³-hybridized carbons (Fsp3) is 0.261. The highest BCUT2D eigenvalue weighted by atomic mass is 32.1. The molecule has 0 atom stereocenters. The molecule has 0 saturated carbocycles. The van der Waals surface area contributed by atoms with Crippen LogP contribution in [0.5, 0.6) is 0 Å². The maximum Gasteiger partial charge on any atom is 0.270 e. The molecule has 0 saturated heterocycles. The molecule has 4 rings (SSSR count). The summed E-state index contributed by atoms with van der Waals surface area (Å²) in [7, 11) is 3.91. The van der Waals surface area contributed by atoms with Crippen LogP contribution >= 0.6 is 22.7 Å². The number of amides is 2. The molecule has 0 unspecified atom stereocenters. The van der Waals surface area contributed by atoms with E-state index in [1.54, 1.807) is 11.0 Å². The van der Waals surface area contributed by atoms with Gasteiger partial charge in [-0.05, 0) is 37.7 Å². The molecule has 0 spiro atoms. The van der Waals surface area contributed by atoms with Gasteiger partial charge in [0, 0.05) is 36.8 Å². The molecule has 4 aromatic rings. The number of likely N-dealkylation sites (N-methyl/N-ethyl adjacent to an activating group) is 1. The first kappa shape index (κ1) is 22.2. The lowest BCUT2D eigenvalue weighted by Crippen LogP contribution is -2.36. The fourth-order valence-corrected chi connectivity index (χ4v) is 4.66. The predicted molar refractivity (Wildman–Crippen MR) is 129 cm³/mol. The number of thiophene rings is 1. The molecule has 2 amide bonds. The van der Waals surface area contributed by atoms with Crippen LogP contribution in [0.2, 0.25) is 0 Å². The van der Waals surface area contributed by atoms with Crippen LogP contribution in [-0.2, 0) is 4.79 Å². The summed E-state index contributed by atoms with van der Waals surface area (Å²) in [6.07, 6.45) is 0.199. The molecule has 3 aromatic heterocycles. The minimum absolute atomic E-state index is 0.0927. The Kier molecular flexibility index (Phi) is 6.99. The summed E-state index contributed by atoms with van der Waals surface area (Å²) in [5, 5.41) is 8.17. The Morgan fingerprint density at radius 1 is 1.09 bits per heavy atom. The van der Waals surface area contributed by atoms with Gasteiger partial charge < -0.3 is 14.6 Å². The Morgan fingerprint density at radius 2 is 1.94 bits per heavy atom. The van der Waals surface area contributed by atoms with Gasteiger partial charge in [0.05, 0.1) is 4.88 Å². The average Bonchev–Trinajstić information content (AvgIpc) is 3.53. The van der Waals surface area contributed by atoms with Gasteiger partial charge in [0.1, 0.15) is 11.3 Å². The Hall–Kier alpha value is -3.01. The van der Waals surface area contributed by atoms with E-state index < -0.39 is 0 Å². The number of carbonyl (C=O) groups is 2. The molecule has 0 aliphatic heterocycles. The van der Waals surface area contributed by atoms with Gasteiger partial charge in [-0.2, -0.15) is 0 Å². The number of para-hydroxylation sites is 1. The van der Waals surface area contributed by atoms with Crippen molar-refractivity contribution in [1.82, 2.24) is 15.2 Å². The maximum atomic E-state index is 13.2. The van der Waals surface area contributed by atoms with Gasteiger partial charge in [0.25, 0.3) is 5.91 Å². The molecule has 166 valence electrons. The maximum absolute atomic E-state index is 13.2. The lowest BCUT2D eigenvalue weighted by molar-refractivity contribution is -0.120. The molecule has 0 fully saturated rings. The van der Waals surface area contributed by atoms with Crippen LogP contribution in [0.1, 0.15) is 16.1 Å². The van der Waals surface area contributed by atoms with Crippen molar-refractivity contribution in [1.29, 1.82) is 0 Å². The zero-order valence-electron chi connectivity index (χ0n) is 17.9. The predicted octanol–water partition coefficient (Wildman–Crippen LogP) is 4.33. The normalized spacial score (nSPS) is 11.2. The Balaban J connectivity index is 1.52. The number of hydrogen-bond acceptors (Lipinski definition) is 7. The van der Waals surface area contributed by atoms with E-state index in [-0.39, 0.29) is 24.8 Å². The Labute approximate surface area is 194 Å². The quantitative estimate of drug-likeness (QED) is 0.396. The summed E-state index contributed by atoms with van der Waals surface area (Å²) in [6, 6.07) is 13.3. The van der Waals surface area contributed by atoms with Gasteiger partial charge in [-0.3, -0.25) is 14.5 Å². The average molecular weight is 469 g/mol. The van der Waals surface area contributed by atoms with E-state index in [0.717, 1.165) is 17.5 Å². The summed E-state index contributed by atoms with van der Waals surface area (Å²) in [6.45, 7) is 1.58. The summed E-state index contributed by atoms with van der Waals surface area (Å²) in [4.78, 5) is 34.3. The number of thiazole rings is 1. The number of aromatic nitrogens is 1. The zero-order valence-corrected chi connectivity index (χ0v) is 19.5. The SMILES string of the molecule is CN(C)CCNC(=O)CCN(C(=O)c1cccs1)c1nc(-c2cc3ccccc3o2)cs1. The topological polar surface area (TPSA) is 78.7 Å². The first-order chi connectivity index (χ1) is 15.5. The van der Waals surface area contributed by atoms with E-state index in [2.05, 4.69) is 10.3 Å². The van der Waals surface area contributed by atoms with E-state index >= 15 is 0 Å². The molecule has 1 N–H and O–H groups in total. The number of fused-ring (bicyclic) bond motifs is 1. The van der Waals surface area contributed by atoms with E-state index in [4.69, 9.17) is 4.42 Å². The second kappa shape index (κ2) is 10.1. The van der Waals surface area contributed by atoms with Crippen LogP contribution in [0, 0.1) is 0 Å². The smallest absolute Gasteiger partial charge is 0.270 e. The summed E-state index contributed by atoms with van der Waals surface area (Å²) >= 11 is 2.73. The second-order valence-corrected chi connectivity index (χ2v) is 9.29. The molecule has 7 nitrogen and oxygen atoms in total. The number of nitrogens with zero attached hydrogens (tertiary/aromatic N) is 3. The third-order valence-corrected chi connectivity index (χ3v) is 6.54. The number of hydrogen-bond donors (Lipinski definition) is 1. The number of anilines is 1. The third-order valence-electron chi connectivity index (χ3n) is 4.82. The standard InChI is InChI=1S/C23H24N4O3S2/c1-26(2)12-10-24-21(28)9-11-27(22(29)20-8-5-13-31-20)23-25-17(15-32-23)19-14-16-6-3-4-7-18(16)30-19/h3-8,13-15H,9-12H2,1-2H3,(H,24,28). The highest BCUT2D eigenvalue weighted by Gasteiger charge is 2.23. The lowest BCUT2D eigenvalue weighted by atomic mass is 10.2. The van der Waals surface area contributed by atoms with E-state index in [0.29, 0.717) is 28.0 Å². The van der Waals surface area contributed by atoms with Crippen LogP contribution < -0.4 is 10.2 Å². The van der Waals surface area contributed by atoms with Gasteiger partial charge in [-0.15, -0.1) is 22.7 Å². The first-order valence-corrected chi connectivity index (χ1v) is 12.0. The minimum atomic E-state index is -0.161. The van der Waals surface area contributed by atoms with Crippen molar-refractivity contribution < 1.29 is 14.0 Å². The Morgan fingerprint density at radius 3 is 2.69 bits per heavy atom. The number of furan rings is 1. The van der Waals surface area contributed by atoms with Crippen LogP contribution in [0.25, 0.3) is 22.4 Å². The van der Waals surface area contributed by atoms with Crippen molar-refractivity contribution in [3.63, 3.8) is 0 Å². The molecule has 0 aliphatic carbocycles. The molecule has 0 aliphatic rings. The molecule has 9 heteroatoms. The molecule has 0 radical (unpaired) electrons. The largest absolute Gasteiger partial charge is 0.454 e. The first-order valence-electron chi connectivity index (χ1n) is 10.2. The van der Waals surface area contributed by atoms with Gasteiger partial charge >= 0.3 is 0 Å². The molecule has 3 heterocycles. The van der Waals surface area contributed by atoms with Crippen LogP contribution in [-0.4, -0.2) is 55.4 Å². The number of benzene rings is 1. The lowest BCUT2D eigenvalue weighted by Gasteiger charge is -2.19. The van der Waals surface area contributed by atoms with Crippen molar-refractivity contribution in [2.24, 2.45) is 0 Å². The van der Waals surface area contributed by atoms with Gasteiger partial charge in [0.15, 0.2) is 10.9 Å². The summed E-state index contributed by atoms with van der Waals surface area (Å²) < 4.78 is 5.92. The zero-order chi connectivity index (χ0) is 22.5. The number of nitrogens with one attached hydrogen (secondary N) is 1. The third kappa shape index (κ3) is 5.24. The molecular weight excluding hydrogens is 444 g/mol. The van der Waals surface area contributed by atoms with Crippen molar-refractivity contribution >= 4 is 50.6 Å². The van der Waals surface area contributed by atoms with Crippen molar-refractivity contribution in [3.05, 3.63) is 58.1 Å². The van der Waals surface area contributed by atoms with Gasteiger partial charge in [0.2, 0.25) is 5.91 Å². The molecule has 32 heavy (non-hydrogen) atoms. The number of carbonyl (C=O) groups excluding carboxylic acids is 2. The highest BCUT2D eigenvalue weighted by molar-refractivity contribution is 7.14. The van der Waals surface area contributed by atoms with E-state index in [1.165, 1.54) is 22.7 Å². The van der Waals surface area contributed by atoms with Crippen LogP contribution in [0.3, 0.4) is 0 Å². The molecule has 1 aromatic carbocycles. The molecular formula is C23H24N4O3S2. The van der Waals surface area contributed by atoms with Crippen molar-refractivity contribution in [2.75, 3.05) is 38.6 Å². The van der Waals surface area contributed by atoms with Crippen molar-refractivity contribution in [2.45, 2.75) is 6.42 Å². The van der Waals surface area contributed by atoms with E-state index in [1.807, 2.05) is 66.2 Å². The monoisotopic (exact) mass is 468 g/mol. The molecule has 0 bridgehead atoms. The number of rotatable bonds is 9. The van der Waals surface area contributed by atoms with Gasteiger partial charge in [-0.1, -0.05) is 24.3 Å². The van der Waals surface area contributed by atoms with Crippen LogP contribution in [0.15, 0.2) is 57.6 Å².